The van der Waals surface area contributed by atoms with Crippen LogP contribution < -0.4 is 15.1 Å². The number of halogens is 2. The van der Waals surface area contributed by atoms with E-state index in [1.807, 2.05) is 6.07 Å². The summed E-state index contributed by atoms with van der Waals surface area (Å²) in [6, 6.07) is 7.25. The number of nitrogens with one attached hydrogen (secondary N) is 1. The van der Waals surface area contributed by atoms with E-state index in [9.17, 15) is 8.78 Å². The lowest BCUT2D eigenvalue weighted by molar-refractivity contribution is 0.509. The van der Waals surface area contributed by atoms with Crippen LogP contribution in [-0.4, -0.2) is 46.1 Å². The summed E-state index contributed by atoms with van der Waals surface area (Å²) in [5.74, 6) is 0.840. The number of aromatic nitrogens is 4. The van der Waals surface area contributed by atoms with Crippen LogP contribution in [0.4, 0.5) is 32.1 Å². The number of aryl methyl sites for hydroxylation is 1. The highest BCUT2D eigenvalue weighted by Gasteiger charge is 2.20. The van der Waals surface area contributed by atoms with E-state index in [0.717, 1.165) is 50.1 Å². The number of benzene rings is 1. The van der Waals surface area contributed by atoms with Crippen LogP contribution in [0.3, 0.4) is 0 Å². The Balaban J connectivity index is 1.47. The Morgan fingerprint density at radius 3 is 2.32 bits per heavy atom. The molecule has 3 heterocycles. The summed E-state index contributed by atoms with van der Waals surface area (Å²) in [4.78, 5) is 21.7. The zero-order chi connectivity index (χ0) is 19.5. The number of anilines is 4. The second-order valence-electron chi connectivity index (χ2n) is 6.44. The van der Waals surface area contributed by atoms with Crippen LogP contribution in [0.5, 0.6) is 0 Å². The van der Waals surface area contributed by atoms with Crippen LogP contribution in [0.25, 0.3) is 0 Å². The molecule has 0 spiro atoms. The topological polar surface area (TPSA) is 70.1 Å². The first kappa shape index (κ1) is 18.0. The maximum Gasteiger partial charge on any atom is 0.225 e. The van der Waals surface area contributed by atoms with Crippen molar-refractivity contribution in [2.24, 2.45) is 0 Å². The van der Waals surface area contributed by atoms with Gasteiger partial charge in [0.05, 0.1) is 0 Å². The molecule has 144 valence electrons. The molecule has 7 nitrogen and oxygen atoms in total. The van der Waals surface area contributed by atoms with Gasteiger partial charge in [0.1, 0.15) is 17.5 Å². The Hall–Kier alpha value is -3.36. The molecule has 4 rings (SSSR count). The first-order valence-corrected chi connectivity index (χ1v) is 8.93. The minimum atomic E-state index is -0.907. The normalized spacial score (nSPS) is 14.2. The van der Waals surface area contributed by atoms with Crippen molar-refractivity contribution in [1.82, 2.24) is 19.9 Å². The van der Waals surface area contributed by atoms with E-state index in [1.165, 1.54) is 6.07 Å². The molecular weight excluding hydrogens is 364 g/mol. The molecule has 1 fully saturated rings. The summed E-state index contributed by atoms with van der Waals surface area (Å²) < 4.78 is 26.6. The largest absolute Gasteiger partial charge is 0.353 e. The molecule has 1 aliphatic rings. The maximum absolute atomic E-state index is 13.4. The van der Waals surface area contributed by atoms with E-state index in [0.29, 0.717) is 17.3 Å². The van der Waals surface area contributed by atoms with Gasteiger partial charge in [-0.25, -0.2) is 28.7 Å². The van der Waals surface area contributed by atoms with Crippen LogP contribution in [0, 0.1) is 18.6 Å². The fraction of sp³-hybridized carbons (Fsp3) is 0.263. The highest BCUT2D eigenvalue weighted by molar-refractivity contribution is 5.60. The molecule has 0 atom stereocenters. The van der Waals surface area contributed by atoms with Gasteiger partial charge in [-0.3, -0.25) is 0 Å². The van der Waals surface area contributed by atoms with Crippen molar-refractivity contribution < 1.29 is 8.78 Å². The highest BCUT2D eigenvalue weighted by atomic mass is 19.2. The quantitative estimate of drug-likeness (QED) is 0.743. The predicted molar refractivity (Wildman–Crippen MR) is 103 cm³/mol. The van der Waals surface area contributed by atoms with Gasteiger partial charge in [-0.15, -0.1) is 0 Å². The minimum Gasteiger partial charge on any atom is -0.353 e. The second-order valence-corrected chi connectivity index (χ2v) is 6.44. The molecule has 1 saturated heterocycles. The molecule has 0 saturated carbocycles. The zero-order valence-electron chi connectivity index (χ0n) is 15.3. The number of rotatable bonds is 4. The van der Waals surface area contributed by atoms with E-state index in [2.05, 4.69) is 35.1 Å². The standard InChI is InChI=1S/C19H19F2N7/c1-13-24-17(26-14-3-4-15(20)16(21)11-14)12-18(25-13)27-7-9-28(10-8-27)19-22-5-2-6-23-19/h2-6,11-12H,7-10H2,1H3,(H,24,25,26). The molecule has 0 bridgehead atoms. The van der Waals surface area contributed by atoms with Gasteiger partial charge in [0.15, 0.2) is 11.6 Å². The molecule has 0 amide bonds. The van der Waals surface area contributed by atoms with Gasteiger partial charge in [0.2, 0.25) is 5.95 Å². The highest BCUT2D eigenvalue weighted by Crippen LogP contribution is 2.22. The van der Waals surface area contributed by atoms with Crippen molar-refractivity contribution in [2.45, 2.75) is 6.92 Å². The number of nitrogens with zero attached hydrogens (tertiary/aromatic N) is 6. The SMILES string of the molecule is Cc1nc(Nc2ccc(F)c(F)c2)cc(N2CCN(c3ncccn3)CC2)n1. The van der Waals surface area contributed by atoms with Crippen LogP contribution in [0.2, 0.25) is 0 Å². The molecule has 0 unspecified atom stereocenters. The van der Waals surface area contributed by atoms with Crippen molar-refractivity contribution >= 4 is 23.3 Å². The number of piperazine rings is 1. The Morgan fingerprint density at radius 2 is 1.61 bits per heavy atom. The molecule has 0 aliphatic carbocycles. The number of hydrogen-bond acceptors (Lipinski definition) is 7. The van der Waals surface area contributed by atoms with Gasteiger partial charge < -0.3 is 15.1 Å². The van der Waals surface area contributed by atoms with Gasteiger partial charge in [-0.05, 0) is 25.1 Å². The molecule has 9 heteroatoms. The summed E-state index contributed by atoms with van der Waals surface area (Å²) in [5.41, 5.74) is 0.425. The molecule has 0 radical (unpaired) electrons. The summed E-state index contributed by atoms with van der Waals surface area (Å²) >= 11 is 0. The van der Waals surface area contributed by atoms with Gasteiger partial charge in [-0.1, -0.05) is 0 Å². The Labute approximate surface area is 161 Å². The van der Waals surface area contributed by atoms with E-state index < -0.39 is 11.6 Å². The molecule has 1 aliphatic heterocycles. The third-order valence-corrected chi connectivity index (χ3v) is 4.46. The zero-order valence-corrected chi connectivity index (χ0v) is 15.3. The van der Waals surface area contributed by atoms with Crippen molar-refractivity contribution in [2.75, 3.05) is 41.3 Å². The third kappa shape index (κ3) is 3.98. The first-order chi connectivity index (χ1) is 13.6. The fourth-order valence-corrected chi connectivity index (χ4v) is 3.09. The van der Waals surface area contributed by atoms with Crippen LogP contribution >= 0.6 is 0 Å². The average molecular weight is 383 g/mol. The first-order valence-electron chi connectivity index (χ1n) is 8.93. The molecule has 2 aromatic heterocycles. The van der Waals surface area contributed by atoms with E-state index >= 15 is 0 Å². The second kappa shape index (κ2) is 7.71. The third-order valence-electron chi connectivity index (χ3n) is 4.46. The van der Waals surface area contributed by atoms with E-state index in [4.69, 9.17) is 0 Å². The lowest BCUT2D eigenvalue weighted by Crippen LogP contribution is -2.47. The molecule has 28 heavy (non-hydrogen) atoms. The summed E-state index contributed by atoms with van der Waals surface area (Å²) in [6.07, 6.45) is 3.47. The molecule has 1 aromatic carbocycles. The van der Waals surface area contributed by atoms with Crippen LogP contribution in [-0.2, 0) is 0 Å². The van der Waals surface area contributed by atoms with Gasteiger partial charge >= 0.3 is 0 Å². The predicted octanol–water partition coefficient (Wildman–Crippen LogP) is 2.92. The van der Waals surface area contributed by atoms with Crippen LogP contribution in [0.1, 0.15) is 5.82 Å². The van der Waals surface area contributed by atoms with Crippen molar-refractivity contribution in [1.29, 1.82) is 0 Å². The van der Waals surface area contributed by atoms with Gasteiger partial charge in [-0.2, -0.15) is 0 Å². The van der Waals surface area contributed by atoms with E-state index in [-0.39, 0.29) is 0 Å². The average Bonchev–Trinajstić information content (AvgIpc) is 2.71. The summed E-state index contributed by atoms with van der Waals surface area (Å²) in [6.45, 7) is 4.88. The number of hydrogen-bond donors (Lipinski definition) is 1. The molecular formula is C19H19F2N7. The smallest absolute Gasteiger partial charge is 0.225 e. The van der Waals surface area contributed by atoms with Crippen LogP contribution in [0.15, 0.2) is 42.7 Å². The Bertz CT molecular complexity index is 960. The van der Waals surface area contributed by atoms with Crippen molar-refractivity contribution in [3.63, 3.8) is 0 Å². The molecule has 3 aromatic rings. The van der Waals surface area contributed by atoms with E-state index in [1.54, 1.807) is 25.4 Å². The summed E-state index contributed by atoms with van der Waals surface area (Å²) in [7, 11) is 0. The minimum absolute atomic E-state index is 0.425. The Morgan fingerprint density at radius 1 is 0.893 bits per heavy atom. The Kier molecular flexibility index (Phi) is 4.96. The van der Waals surface area contributed by atoms with Crippen molar-refractivity contribution in [3.05, 3.63) is 60.2 Å². The van der Waals surface area contributed by atoms with Crippen molar-refractivity contribution in [3.8, 4) is 0 Å². The maximum atomic E-state index is 13.4. The van der Waals surface area contributed by atoms with Gasteiger partial charge in [0, 0.05) is 56.4 Å². The fourth-order valence-electron chi connectivity index (χ4n) is 3.09. The lowest BCUT2D eigenvalue weighted by Gasteiger charge is -2.35. The summed E-state index contributed by atoms with van der Waals surface area (Å²) in [5, 5.41) is 3.01. The monoisotopic (exact) mass is 383 g/mol. The van der Waals surface area contributed by atoms with Gasteiger partial charge in [0.25, 0.3) is 0 Å². The molecule has 1 N–H and O–H groups in total. The lowest BCUT2D eigenvalue weighted by atomic mass is 10.3.